The van der Waals surface area contributed by atoms with Crippen LogP contribution >= 0.6 is 11.8 Å². The van der Waals surface area contributed by atoms with Gasteiger partial charge in [0.1, 0.15) is 0 Å². The van der Waals surface area contributed by atoms with Crippen molar-refractivity contribution in [1.82, 2.24) is 15.5 Å². The highest BCUT2D eigenvalue weighted by atomic mass is 32.2. The number of carbonyl (C=O) groups excluding carboxylic acids is 1. The molecule has 1 saturated heterocycles. The summed E-state index contributed by atoms with van der Waals surface area (Å²) in [5.41, 5.74) is 2.78. The molecule has 0 spiro atoms. The molecule has 1 fully saturated rings. The number of nitrogens with one attached hydrogen (secondary N) is 2. The van der Waals surface area contributed by atoms with Crippen LogP contribution in [-0.4, -0.2) is 41.1 Å². The van der Waals surface area contributed by atoms with E-state index < -0.39 is 0 Å². The van der Waals surface area contributed by atoms with E-state index in [0.717, 1.165) is 24.5 Å². The Morgan fingerprint density at radius 1 is 1.46 bits per heavy atom. The molecule has 24 heavy (non-hydrogen) atoms. The van der Waals surface area contributed by atoms with Crippen LogP contribution in [0.5, 0.6) is 0 Å². The molecule has 1 aliphatic heterocycles. The highest BCUT2D eigenvalue weighted by molar-refractivity contribution is 7.99. The van der Waals surface area contributed by atoms with E-state index in [0.29, 0.717) is 12.2 Å². The Morgan fingerprint density at radius 3 is 2.96 bits per heavy atom. The molecule has 2 aromatic rings. The van der Waals surface area contributed by atoms with Gasteiger partial charge in [0.2, 0.25) is 0 Å². The molecule has 1 aliphatic rings. The number of rotatable bonds is 6. The molecule has 1 aromatic heterocycles. The monoisotopic (exact) mass is 345 g/mol. The third-order valence-electron chi connectivity index (χ3n) is 4.15. The number of carbonyl (C=O) groups is 1. The number of H-pyrrole nitrogens is 1. The lowest BCUT2D eigenvalue weighted by molar-refractivity contribution is 0.0942. The SMILES string of the molecule is Cc1ccc(SC[C@@H](C)NC(=O)c2cn[nH]c2[C@H]2CCOC2)cc1. The fourth-order valence-electron chi connectivity index (χ4n) is 2.75. The van der Waals surface area contributed by atoms with Crippen molar-refractivity contribution in [2.24, 2.45) is 0 Å². The lowest BCUT2D eigenvalue weighted by Gasteiger charge is -2.14. The van der Waals surface area contributed by atoms with E-state index in [2.05, 4.69) is 46.7 Å². The van der Waals surface area contributed by atoms with E-state index in [1.54, 1.807) is 18.0 Å². The highest BCUT2D eigenvalue weighted by Gasteiger charge is 2.25. The van der Waals surface area contributed by atoms with Gasteiger partial charge in [-0.15, -0.1) is 11.8 Å². The van der Waals surface area contributed by atoms with Crippen molar-refractivity contribution in [2.75, 3.05) is 19.0 Å². The number of hydrogen-bond acceptors (Lipinski definition) is 4. The second-order valence-electron chi connectivity index (χ2n) is 6.26. The van der Waals surface area contributed by atoms with Crippen molar-refractivity contribution in [1.29, 1.82) is 0 Å². The van der Waals surface area contributed by atoms with Crippen molar-refractivity contribution < 1.29 is 9.53 Å². The molecule has 3 rings (SSSR count). The van der Waals surface area contributed by atoms with Crippen LogP contribution in [0, 0.1) is 6.92 Å². The summed E-state index contributed by atoms with van der Waals surface area (Å²) in [5.74, 6) is 1.00. The Morgan fingerprint density at radius 2 is 2.25 bits per heavy atom. The second kappa shape index (κ2) is 7.85. The summed E-state index contributed by atoms with van der Waals surface area (Å²) in [5, 5.41) is 10.1. The number of aromatic nitrogens is 2. The van der Waals surface area contributed by atoms with Crippen molar-refractivity contribution in [3.63, 3.8) is 0 Å². The van der Waals surface area contributed by atoms with Gasteiger partial charge in [0.25, 0.3) is 5.91 Å². The van der Waals surface area contributed by atoms with Crippen molar-refractivity contribution in [3.8, 4) is 0 Å². The van der Waals surface area contributed by atoms with Crippen LogP contribution in [0.15, 0.2) is 35.4 Å². The number of hydrogen-bond donors (Lipinski definition) is 2. The van der Waals surface area contributed by atoms with Crippen LogP contribution in [0.25, 0.3) is 0 Å². The summed E-state index contributed by atoms with van der Waals surface area (Å²) in [6, 6.07) is 8.51. The fourth-order valence-corrected chi connectivity index (χ4v) is 3.60. The van der Waals surface area contributed by atoms with Gasteiger partial charge in [-0.25, -0.2) is 0 Å². The molecular formula is C18H23N3O2S. The highest BCUT2D eigenvalue weighted by Crippen LogP contribution is 2.26. The third kappa shape index (κ3) is 4.19. The zero-order valence-corrected chi connectivity index (χ0v) is 14.9. The van der Waals surface area contributed by atoms with Gasteiger partial charge in [-0.05, 0) is 32.4 Å². The Labute approximate surface area is 146 Å². The minimum atomic E-state index is -0.0670. The summed E-state index contributed by atoms with van der Waals surface area (Å²) in [7, 11) is 0. The molecule has 0 unspecified atom stereocenters. The first-order valence-corrected chi connectivity index (χ1v) is 9.23. The lowest BCUT2D eigenvalue weighted by Crippen LogP contribution is -2.34. The van der Waals surface area contributed by atoms with Crippen molar-refractivity contribution in [3.05, 3.63) is 47.3 Å². The van der Waals surface area contributed by atoms with E-state index in [-0.39, 0.29) is 17.9 Å². The van der Waals surface area contributed by atoms with Gasteiger partial charge < -0.3 is 10.1 Å². The first-order chi connectivity index (χ1) is 11.6. The average molecular weight is 345 g/mol. The van der Waals surface area contributed by atoms with E-state index in [4.69, 9.17) is 4.74 Å². The Bertz CT molecular complexity index is 678. The van der Waals surface area contributed by atoms with E-state index in [1.807, 2.05) is 6.92 Å². The van der Waals surface area contributed by atoms with Crippen LogP contribution in [0.2, 0.25) is 0 Å². The first kappa shape index (κ1) is 17.0. The van der Waals surface area contributed by atoms with Gasteiger partial charge in [0, 0.05) is 29.2 Å². The molecule has 6 heteroatoms. The number of aromatic amines is 1. The maximum absolute atomic E-state index is 12.5. The number of aryl methyl sites for hydroxylation is 1. The maximum Gasteiger partial charge on any atom is 0.254 e. The second-order valence-corrected chi connectivity index (χ2v) is 7.35. The van der Waals surface area contributed by atoms with Gasteiger partial charge in [-0.3, -0.25) is 9.89 Å². The van der Waals surface area contributed by atoms with Gasteiger partial charge >= 0.3 is 0 Å². The molecule has 2 N–H and O–H groups in total. The minimum absolute atomic E-state index is 0.0670. The molecule has 1 amide bonds. The van der Waals surface area contributed by atoms with Crippen LogP contribution < -0.4 is 5.32 Å². The van der Waals surface area contributed by atoms with E-state index >= 15 is 0 Å². The molecule has 0 radical (unpaired) electrons. The standard InChI is InChI=1S/C18H23N3O2S/c1-12-3-5-15(6-4-12)24-11-13(2)20-18(22)16-9-19-21-17(16)14-7-8-23-10-14/h3-6,9,13-14H,7-8,10-11H2,1-2H3,(H,19,21)(H,20,22)/t13-,14+/m1/s1. The molecule has 0 aliphatic carbocycles. The summed E-state index contributed by atoms with van der Waals surface area (Å²) >= 11 is 1.75. The molecule has 5 nitrogen and oxygen atoms in total. The van der Waals surface area contributed by atoms with Gasteiger partial charge in [-0.2, -0.15) is 5.10 Å². The zero-order valence-electron chi connectivity index (χ0n) is 14.0. The smallest absolute Gasteiger partial charge is 0.254 e. The van der Waals surface area contributed by atoms with Gasteiger partial charge in [0.05, 0.1) is 24.1 Å². The summed E-state index contributed by atoms with van der Waals surface area (Å²) in [6.45, 7) is 5.50. The maximum atomic E-state index is 12.5. The number of amides is 1. The normalized spacial score (nSPS) is 18.5. The number of ether oxygens (including phenoxy) is 1. The average Bonchev–Trinajstić information content (AvgIpc) is 3.25. The molecular weight excluding hydrogens is 322 g/mol. The van der Waals surface area contributed by atoms with Gasteiger partial charge in [0.15, 0.2) is 0 Å². The van der Waals surface area contributed by atoms with Crippen molar-refractivity contribution in [2.45, 2.75) is 37.1 Å². The zero-order chi connectivity index (χ0) is 16.9. The Kier molecular flexibility index (Phi) is 5.58. The minimum Gasteiger partial charge on any atom is -0.381 e. The van der Waals surface area contributed by atoms with Crippen molar-refractivity contribution >= 4 is 17.7 Å². The predicted molar refractivity (Wildman–Crippen MR) is 95.6 cm³/mol. The Hall–Kier alpha value is -1.79. The molecule has 0 saturated carbocycles. The Balaban J connectivity index is 1.54. The predicted octanol–water partition coefficient (Wildman–Crippen LogP) is 3.13. The number of benzene rings is 1. The fraction of sp³-hybridized carbons (Fsp3) is 0.444. The molecule has 0 bridgehead atoms. The van der Waals surface area contributed by atoms with E-state index in [9.17, 15) is 4.79 Å². The summed E-state index contributed by atoms with van der Waals surface area (Å²) < 4.78 is 5.41. The molecule has 2 heterocycles. The number of thioether (sulfide) groups is 1. The molecule has 128 valence electrons. The van der Waals surface area contributed by atoms with Crippen LogP contribution in [-0.2, 0) is 4.74 Å². The first-order valence-electron chi connectivity index (χ1n) is 8.25. The van der Waals surface area contributed by atoms with Gasteiger partial charge in [-0.1, -0.05) is 17.7 Å². The molecule has 2 atom stereocenters. The van der Waals surface area contributed by atoms with Crippen LogP contribution in [0.4, 0.5) is 0 Å². The topological polar surface area (TPSA) is 67.0 Å². The molecule has 1 aromatic carbocycles. The summed E-state index contributed by atoms with van der Waals surface area (Å²) in [6.07, 6.45) is 2.55. The van der Waals surface area contributed by atoms with E-state index in [1.165, 1.54) is 10.5 Å². The van der Waals surface area contributed by atoms with Crippen LogP contribution in [0.3, 0.4) is 0 Å². The van der Waals surface area contributed by atoms with Crippen LogP contribution in [0.1, 0.15) is 40.9 Å². The quantitative estimate of drug-likeness (QED) is 0.790. The third-order valence-corrected chi connectivity index (χ3v) is 5.42. The summed E-state index contributed by atoms with van der Waals surface area (Å²) in [4.78, 5) is 13.7. The lowest BCUT2D eigenvalue weighted by atomic mass is 10.0. The number of nitrogens with zero attached hydrogens (tertiary/aromatic N) is 1. The largest absolute Gasteiger partial charge is 0.381 e.